The van der Waals surface area contributed by atoms with Crippen molar-refractivity contribution in [2.45, 2.75) is 46.6 Å². The van der Waals surface area contributed by atoms with Gasteiger partial charge < -0.3 is 30.4 Å². The van der Waals surface area contributed by atoms with E-state index in [0.29, 0.717) is 13.1 Å². The fourth-order valence-electron chi connectivity index (χ4n) is 6.57. The van der Waals surface area contributed by atoms with Crippen LogP contribution in [0.3, 0.4) is 0 Å². The smallest absolute Gasteiger partial charge is 0.0931 e. The van der Waals surface area contributed by atoms with Crippen molar-refractivity contribution in [3.63, 3.8) is 0 Å². The number of benzene rings is 5. The number of fused-ring (bicyclic) bond motifs is 2. The Hall–Kier alpha value is -6.18. The van der Waals surface area contributed by atoms with Crippen LogP contribution in [0.4, 0.5) is 11.4 Å². The van der Waals surface area contributed by atoms with Gasteiger partial charge in [0, 0.05) is 65.9 Å². The number of hydrogen-bond donors (Lipinski definition) is 4. The van der Waals surface area contributed by atoms with Crippen molar-refractivity contribution in [2.75, 3.05) is 30.8 Å². The number of aryl methyl sites for hydroxylation is 2. The van der Waals surface area contributed by atoms with Crippen LogP contribution in [0.1, 0.15) is 41.9 Å². The molecule has 0 bridgehead atoms. The molecule has 2 heterocycles. The summed E-state index contributed by atoms with van der Waals surface area (Å²) in [7, 11) is 1.97. The highest BCUT2D eigenvalue weighted by atomic mass is 15.0. The topological polar surface area (TPSA) is 58.0 Å². The molecule has 7 rings (SSSR count). The van der Waals surface area contributed by atoms with Gasteiger partial charge in [-0.25, -0.2) is 0 Å². The van der Waals surface area contributed by atoms with Gasteiger partial charge in [-0.05, 0) is 110 Å². The van der Waals surface area contributed by atoms with E-state index < -0.39 is 0 Å². The first-order chi connectivity index (χ1) is 26.6. The molecule has 0 unspecified atom stereocenters. The van der Waals surface area contributed by atoms with Crippen LogP contribution in [0.25, 0.3) is 21.8 Å². The summed E-state index contributed by atoms with van der Waals surface area (Å²) in [6, 6.07) is 48.5. The largest absolute Gasteiger partial charge is 0.374 e. The van der Waals surface area contributed by atoms with Gasteiger partial charge in [0.15, 0.2) is 0 Å². The fourth-order valence-corrected chi connectivity index (χ4v) is 6.57. The van der Waals surface area contributed by atoms with Gasteiger partial charge in [0.25, 0.3) is 0 Å². The Balaban J connectivity index is 0.000000189. The molecule has 0 aliphatic rings. The van der Waals surface area contributed by atoms with Crippen LogP contribution in [0.2, 0.25) is 0 Å². The highest BCUT2D eigenvalue weighted by molar-refractivity contribution is 5.84. The molecule has 7 aromatic rings. The molecule has 0 atom stereocenters. The number of nitrogens with zero attached hydrogens (tertiary/aromatic N) is 2. The lowest BCUT2D eigenvalue weighted by Gasteiger charge is -2.07. The zero-order valence-electron chi connectivity index (χ0n) is 31.6. The molecular weight excluding hydrogens is 661 g/mol. The van der Waals surface area contributed by atoms with Crippen LogP contribution >= 0.6 is 0 Å². The second-order valence-electron chi connectivity index (χ2n) is 13.0. The molecular formula is C48H50N6. The molecule has 4 N–H and O–H groups in total. The number of anilines is 2. The van der Waals surface area contributed by atoms with E-state index in [1.165, 1.54) is 38.5 Å². The van der Waals surface area contributed by atoms with Crippen LogP contribution < -0.4 is 21.3 Å². The third-order valence-corrected chi connectivity index (χ3v) is 9.19. The average molecular weight is 711 g/mol. The van der Waals surface area contributed by atoms with Crippen molar-refractivity contribution in [1.82, 2.24) is 19.8 Å². The lowest BCUT2D eigenvalue weighted by molar-refractivity contribution is 0.694. The molecule has 0 saturated heterocycles. The highest BCUT2D eigenvalue weighted by Crippen LogP contribution is 2.23. The predicted octanol–water partition coefficient (Wildman–Crippen LogP) is 9.26. The van der Waals surface area contributed by atoms with Gasteiger partial charge in [-0.2, -0.15) is 0 Å². The van der Waals surface area contributed by atoms with Crippen molar-refractivity contribution >= 4 is 33.2 Å². The summed E-state index contributed by atoms with van der Waals surface area (Å²) in [5.74, 6) is 13.1. The van der Waals surface area contributed by atoms with Crippen molar-refractivity contribution < 1.29 is 0 Å². The van der Waals surface area contributed by atoms with Crippen molar-refractivity contribution in [3.8, 4) is 23.7 Å². The summed E-state index contributed by atoms with van der Waals surface area (Å²) < 4.78 is 4.56. The minimum Gasteiger partial charge on any atom is -0.374 e. The Kier molecular flexibility index (Phi) is 13.6. The van der Waals surface area contributed by atoms with E-state index in [-0.39, 0.29) is 0 Å². The molecule has 0 fully saturated rings. The zero-order valence-corrected chi connectivity index (χ0v) is 31.6. The van der Waals surface area contributed by atoms with Crippen LogP contribution in [0.15, 0.2) is 140 Å². The van der Waals surface area contributed by atoms with E-state index in [2.05, 4.69) is 153 Å². The standard InChI is InChI=1S/C27H27N3.C21H23N3/c1-2-30-26(14-9-17-29-25-12-7-4-8-13-25)19-24-18-23(15-16-27(24)30)21-28-20-22-10-5-3-6-11-22;1-3-24-20(10-7-13-23-19-8-5-4-6-9-19)15-18-14-17(16-22-2)11-12-21(18)24/h3-8,10-13,15-16,18-19,28-29H,2,17,20-21H2,1H3;4-6,8-9,11-12,14-15,22-23H,3,13,16H2,1-2H3. The quantitative estimate of drug-likeness (QED) is 0.0956. The first kappa shape index (κ1) is 37.6. The normalized spacial score (nSPS) is 10.5. The predicted molar refractivity (Wildman–Crippen MR) is 229 cm³/mol. The first-order valence-corrected chi connectivity index (χ1v) is 18.8. The van der Waals surface area contributed by atoms with E-state index in [9.17, 15) is 0 Å². The zero-order chi connectivity index (χ0) is 37.4. The maximum Gasteiger partial charge on any atom is 0.0931 e. The SMILES string of the molecule is CCn1c(C#CCNc2ccccc2)cc2cc(CNC)ccc21.CCn1c(C#CCNc2ccccc2)cc2cc(CNCc3ccccc3)ccc21. The monoisotopic (exact) mass is 710 g/mol. The van der Waals surface area contributed by atoms with Crippen molar-refractivity contribution in [2.24, 2.45) is 0 Å². The Morgan fingerprint density at radius 1 is 0.481 bits per heavy atom. The lowest BCUT2D eigenvalue weighted by atomic mass is 10.1. The van der Waals surface area contributed by atoms with E-state index in [1.807, 2.05) is 61.6 Å². The number of para-hydroxylation sites is 2. The van der Waals surface area contributed by atoms with Crippen molar-refractivity contribution in [1.29, 1.82) is 0 Å². The Morgan fingerprint density at radius 2 is 0.926 bits per heavy atom. The van der Waals surface area contributed by atoms with Crippen LogP contribution in [-0.4, -0.2) is 29.3 Å². The average Bonchev–Trinajstić information content (AvgIpc) is 3.75. The van der Waals surface area contributed by atoms with E-state index in [1.54, 1.807) is 0 Å². The third kappa shape index (κ3) is 10.2. The molecule has 0 amide bonds. The Bertz CT molecular complexity index is 2350. The number of nitrogens with one attached hydrogen (secondary N) is 4. The molecule has 0 spiro atoms. The Labute approximate surface area is 320 Å². The maximum atomic E-state index is 3.53. The highest BCUT2D eigenvalue weighted by Gasteiger charge is 2.08. The van der Waals surface area contributed by atoms with Gasteiger partial charge in [0.05, 0.1) is 24.5 Å². The molecule has 0 radical (unpaired) electrons. The van der Waals surface area contributed by atoms with Gasteiger partial charge in [0.2, 0.25) is 0 Å². The summed E-state index contributed by atoms with van der Waals surface area (Å²) in [5, 5.41) is 15.9. The molecule has 2 aromatic heterocycles. The summed E-state index contributed by atoms with van der Waals surface area (Å²) in [6.45, 7) is 10.0. The molecule has 5 aromatic carbocycles. The lowest BCUT2D eigenvalue weighted by Crippen LogP contribution is -2.12. The number of hydrogen-bond acceptors (Lipinski definition) is 4. The fraction of sp³-hybridized carbons (Fsp3) is 0.208. The molecule has 0 saturated carbocycles. The third-order valence-electron chi connectivity index (χ3n) is 9.19. The second-order valence-corrected chi connectivity index (χ2v) is 13.0. The summed E-state index contributed by atoms with van der Waals surface area (Å²) >= 11 is 0. The van der Waals surface area contributed by atoms with Crippen LogP contribution in [-0.2, 0) is 32.7 Å². The van der Waals surface area contributed by atoms with Crippen molar-refractivity contribution in [3.05, 3.63) is 168 Å². The molecule has 6 heteroatoms. The molecule has 272 valence electrons. The summed E-state index contributed by atoms with van der Waals surface area (Å²) in [4.78, 5) is 0. The minimum absolute atomic E-state index is 0.629. The van der Waals surface area contributed by atoms with Gasteiger partial charge in [0.1, 0.15) is 0 Å². The number of aromatic nitrogens is 2. The van der Waals surface area contributed by atoms with E-state index in [4.69, 9.17) is 0 Å². The summed E-state index contributed by atoms with van der Waals surface area (Å²) in [6.07, 6.45) is 0. The minimum atomic E-state index is 0.629. The van der Waals surface area contributed by atoms with E-state index in [0.717, 1.165) is 55.5 Å². The Morgan fingerprint density at radius 3 is 1.39 bits per heavy atom. The summed E-state index contributed by atoms with van der Waals surface area (Å²) in [5.41, 5.74) is 10.7. The molecule has 6 nitrogen and oxygen atoms in total. The molecule has 54 heavy (non-hydrogen) atoms. The van der Waals surface area contributed by atoms with Crippen LogP contribution in [0, 0.1) is 23.7 Å². The van der Waals surface area contributed by atoms with Gasteiger partial charge >= 0.3 is 0 Å². The van der Waals surface area contributed by atoms with Crippen LogP contribution in [0.5, 0.6) is 0 Å². The molecule has 0 aliphatic carbocycles. The number of rotatable bonds is 12. The first-order valence-electron chi connectivity index (χ1n) is 18.8. The van der Waals surface area contributed by atoms with Gasteiger partial charge in [-0.15, -0.1) is 0 Å². The molecule has 0 aliphatic heterocycles. The van der Waals surface area contributed by atoms with Gasteiger partial charge in [-0.1, -0.05) is 90.7 Å². The maximum absolute atomic E-state index is 3.53. The van der Waals surface area contributed by atoms with Gasteiger partial charge in [-0.3, -0.25) is 0 Å². The second kappa shape index (κ2) is 19.6. The van der Waals surface area contributed by atoms with E-state index >= 15 is 0 Å².